The summed E-state index contributed by atoms with van der Waals surface area (Å²) < 4.78 is 33.7. The number of benzene rings is 2. The molecule has 7 nitrogen and oxygen atoms in total. The first-order chi connectivity index (χ1) is 14.8. The predicted octanol–water partition coefficient (Wildman–Crippen LogP) is 3.83. The SMILES string of the molecule is COc1cccc(-c2nc3c(s2)CN(S(=O)(=O)c2cc(C)ccc2NC(C)=O)CC3)c1. The van der Waals surface area contributed by atoms with E-state index in [9.17, 15) is 13.2 Å². The summed E-state index contributed by atoms with van der Waals surface area (Å²) in [6.07, 6.45) is 0.538. The van der Waals surface area contributed by atoms with Crippen molar-refractivity contribution in [1.82, 2.24) is 9.29 Å². The minimum Gasteiger partial charge on any atom is -0.497 e. The molecule has 1 aliphatic rings. The van der Waals surface area contributed by atoms with E-state index in [-0.39, 0.29) is 17.3 Å². The number of carbonyl (C=O) groups is 1. The molecule has 0 saturated carbocycles. The maximum absolute atomic E-state index is 13.5. The number of nitrogens with one attached hydrogen (secondary N) is 1. The van der Waals surface area contributed by atoms with E-state index < -0.39 is 10.0 Å². The fraction of sp³-hybridized carbons (Fsp3) is 0.273. The zero-order valence-corrected chi connectivity index (χ0v) is 19.1. The van der Waals surface area contributed by atoms with Crippen LogP contribution in [-0.4, -0.2) is 37.3 Å². The van der Waals surface area contributed by atoms with Crippen molar-refractivity contribution in [2.45, 2.75) is 31.7 Å². The second-order valence-corrected chi connectivity index (χ2v) is 10.4. The van der Waals surface area contributed by atoms with Crippen LogP contribution < -0.4 is 10.1 Å². The molecule has 4 rings (SSSR count). The number of sulfonamides is 1. The second-order valence-electron chi connectivity index (χ2n) is 7.39. The Balaban J connectivity index is 1.65. The molecule has 162 valence electrons. The van der Waals surface area contributed by atoms with Crippen molar-refractivity contribution in [3.8, 4) is 16.3 Å². The number of ether oxygens (including phenoxy) is 1. The summed E-state index contributed by atoms with van der Waals surface area (Å²) in [4.78, 5) is 17.4. The lowest BCUT2D eigenvalue weighted by atomic mass is 10.2. The van der Waals surface area contributed by atoms with E-state index in [4.69, 9.17) is 9.72 Å². The molecule has 1 N–H and O–H groups in total. The normalized spacial score (nSPS) is 14.2. The molecule has 0 bridgehead atoms. The molecule has 0 atom stereocenters. The number of hydrogen-bond donors (Lipinski definition) is 1. The average molecular weight is 458 g/mol. The largest absolute Gasteiger partial charge is 0.497 e. The highest BCUT2D eigenvalue weighted by atomic mass is 32.2. The number of aryl methyl sites for hydroxylation is 1. The standard InChI is InChI=1S/C22H23N3O4S2/c1-14-7-8-19(23-15(2)26)21(11-14)31(27,28)25-10-9-18-20(13-25)30-22(24-18)16-5-4-6-17(12-16)29-3/h4-8,11-12H,9-10,13H2,1-3H3,(H,23,26). The van der Waals surface area contributed by atoms with Crippen LogP contribution in [0, 0.1) is 6.92 Å². The highest BCUT2D eigenvalue weighted by Gasteiger charge is 2.32. The Labute approximate surface area is 185 Å². The monoisotopic (exact) mass is 457 g/mol. The van der Waals surface area contributed by atoms with Gasteiger partial charge in [-0.05, 0) is 36.8 Å². The zero-order valence-electron chi connectivity index (χ0n) is 17.5. The molecule has 31 heavy (non-hydrogen) atoms. The Morgan fingerprint density at radius 3 is 2.77 bits per heavy atom. The van der Waals surface area contributed by atoms with E-state index in [1.165, 1.54) is 22.6 Å². The molecule has 1 aromatic heterocycles. The lowest BCUT2D eigenvalue weighted by Crippen LogP contribution is -2.36. The van der Waals surface area contributed by atoms with E-state index in [1.54, 1.807) is 25.3 Å². The van der Waals surface area contributed by atoms with Crippen LogP contribution in [-0.2, 0) is 27.8 Å². The summed E-state index contributed by atoms with van der Waals surface area (Å²) in [6.45, 7) is 3.78. The molecule has 0 aliphatic carbocycles. The number of thiazole rings is 1. The van der Waals surface area contributed by atoms with Gasteiger partial charge in [0.05, 0.1) is 25.0 Å². The first-order valence-corrected chi connectivity index (χ1v) is 12.0. The number of carbonyl (C=O) groups excluding carboxylic acids is 1. The molecular formula is C22H23N3O4S2. The van der Waals surface area contributed by atoms with Gasteiger partial charge in [0.1, 0.15) is 15.7 Å². The molecule has 1 aliphatic heterocycles. The van der Waals surface area contributed by atoms with Crippen molar-refractivity contribution in [3.05, 3.63) is 58.6 Å². The van der Waals surface area contributed by atoms with Gasteiger partial charge in [0.15, 0.2) is 0 Å². The number of anilines is 1. The summed E-state index contributed by atoms with van der Waals surface area (Å²) in [5.41, 5.74) is 2.98. The number of methoxy groups -OCH3 is 1. The lowest BCUT2D eigenvalue weighted by molar-refractivity contribution is -0.114. The molecule has 3 aromatic rings. The van der Waals surface area contributed by atoms with Crippen molar-refractivity contribution >= 4 is 33.0 Å². The molecule has 1 amide bonds. The number of aromatic nitrogens is 1. The highest BCUT2D eigenvalue weighted by Crippen LogP contribution is 2.35. The van der Waals surface area contributed by atoms with E-state index >= 15 is 0 Å². The van der Waals surface area contributed by atoms with Crippen molar-refractivity contribution in [2.75, 3.05) is 19.0 Å². The summed E-state index contributed by atoms with van der Waals surface area (Å²) in [5, 5.41) is 3.48. The Morgan fingerprint density at radius 2 is 2.03 bits per heavy atom. The van der Waals surface area contributed by atoms with Crippen LogP contribution in [0.15, 0.2) is 47.4 Å². The number of amides is 1. The molecule has 0 fully saturated rings. The maximum Gasteiger partial charge on any atom is 0.245 e. The Kier molecular flexibility index (Phi) is 5.83. The Bertz CT molecular complexity index is 1250. The molecule has 0 radical (unpaired) electrons. The minimum atomic E-state index is -3.79. The summed E-state index contributed by atoms with van der Waals surface area (Å²) in [6, 6.07) is 12.7. The van der Waals surface area contributed by atoms with Crippen LogP contribution in [0.2, 0.25) is 0 Å². The Hall–Kier alpha value is -2.75. The summed E-state index contributed by atoms with van der Waals surface area (Å²) in [5.74, 6) is 0.437. The first kappa shape index (κ1) is 21.5. The van der Waals surface area contributed by atoms with Gasteiger partial charge in [0.25, 0.3) is 0 Å². The van der Waals surface area contributed by atoms with Gasteiger partial charge in [-0.15, -0.1) is 11.3 Å². The molecule has 9 heteroatoms. The van der Waals surface area contributed by atoms with Crippen molar-refractivity contribution in [2.24, 2.45) is 0 Å². The van der Waals surface area contributed by atoms with Crippen LogP contribution in [0.1, 0.15) is 23.1 Å². The predicted molar refractivity (Wildman–Crippen MR) is 121 cm³/mol. The number of hydrogen-bond acceptors (Lipinski definition) is 6. The van der Waals surface area contributed by atoms with E-state index in [0.717, 1.165) is 32.5 Å². The van der Waals surface area contributed by atoms with Gasteiger partial charge in [-0.1, -0.05) is 18.2 Å². The van der Waals surface area contributed by atoms with Gasteiger partial charge in [-0.2, -0.15) is 4.31 Å². The smallest absolute Gasteiger partial charge is 0.245 e. The quantitative estimate of drug-likeness (QED) is 0.629. The Morgan fingerprint density at radius 1 is 1.23 bits per heavy atom. The van der Waals surface area contributed by atoms with Gasteiger partial charge >= 0.3 is 0 Å². The first-order valence-electron chi connectivity index (χ1n) is 9.79. The van der Waals surface area contributed by atoms with Crippen molar-refractivity contribution < 1.29 is 17.9 Å². The topological polar surface area (TPSA) is 88.6 Å². The molecule has 2 aromatic carbocycles. The minimum absolute atomic E-state index is 0.115. The molecule has 0 spiro atoms. The third-order valence-electron chi connectivity index (χ3n) is 5.08. The molecule has 0 saturated heterocycles. The van der Waals surface area contributed by atoms with Gasteiger partial charge in [0, 0.05) is 30.3 Å². The van der Waals surface area contributed by atoms with Crippen LogP contribution in [0.3, 0.4) is 0 Å². The third kappa shape index (κ3) is 4.34. The van der Waals surface area contributed by atoms with E-state index in [1.807, 2.05) is 31.2 Å². The lowest BCUT2D eigenvalue weighted by Gasteiger charge is -2.26. The number of nitrogens with zero attached hydrogens (tertiary/aromatic N) is 2. The number of rotatable bonds is 5. The van der Waals surface area contributed by atoms with Crippen LogP contribution in [0.25, 0.3) is 10.6 Å². The van der Waals surface area contributed by atoms with Crippen molar-refractivity contribution in [1.29, 1.82) is 0 Å². The second kappa shape index (κ2) is 8.41. The average Bonchev–Trinajstić information content (AvgIpc) is 3.18. The third-order valence-corrected chi connectivity index (χ3v) is 8.10. The van der Waals surface area contributed by atoms with Crippen LogP contribution in [0.4, 0.5) is 5.69 Å². The van der Waals surface area contributed by atoms with Gasteiger partial charge < -0.3 is 10.1 Å². The summed E-state index contributed by atoms with van der Waals surface area (Å²) >= 11 is 1.50. The number of fused-ring (bicyclic) bond motifs is 1. The van der Waals surface area contributed by atoms with Gasteiger partial charge in [0.2, 0.25) is 15.9 Å². The van der Waals surface area contributed by atoms with Crippen molar-refractivity contribution in [3.63, 3.8) is 0 Å². The fourth-order valence-corrected chi connectivity index (χ4v) is 6.37. The van der Waals surface area contributed by atoms with Crippen LogP contribution in [0.5, 0.6) is 5.75 Å². The van der Waals surface area contributed by atoms with Gasteiger partial charge in [-0.3, -0.25) is 4.79 Å². The zero-order chi connectivity index (χ0) is 22.2. The fourth-order valence-electron chi connectivity index (χ4n) is 3.53. The van der Waals surface area contributed by atoms with Gasteiger partial charge in [-0.25, -0.2) is 13.4 Å². The maximum atomic E-state index is 13.5. The molecule has 0 unspecified atom stereocenters. The molecule has 2 heterocycles. The molecular weight excluding hydrogens is 434 g/mol. The summed E-state index contributed by atoms with van der Waals surface area (Å²) in [7, 11) is -2.17. The highest BCUT2D eigenvalue weighted by molar-refractivity contribution is 7.89. The van der Waals surface area contributed by atoms with E-state index in [0.29, 0.717) is 18.7 Å². The van der Waals surface area contributed by atoms with E-state index in [2.05, 4.69) is 5.32 Å². The van der Waals surface area contributed by atoms with Crippen LogP contribution >= 0.6 is 11.3 Å².